The van der Waals surface area contributed by atoms with Crippen molar-refractivity contribution in [2.24, 2.45) is 0 Å². The van der Waals surface area contributed by atoms with Crippen molar-refractivity contribution < 1.29 is 19.1 Å². The van der Waals surface area contributed by atoms with Gasteiger partial charge in [-0.15, -0.1) is 0 Å². The molecule has 0 saturated heterocycles. The van der Waals surface area contributed by atoms with Gasteiger partial charge in [0.1, 0.15) is 0 Å². The molecule has 0 aliphatic rings. The normalized spacial score (nSPS) is 11.3. The smallest absolute Gasteiger partial charge is 0.339 e. The van der Waals surface area contributed by atoms with Crippen LogP contribution in [-0.2, 0) is 14.3 Å². The van der Waals surface area contributed by atoms with E-state index in [0.29, 0.717) is 35.4 Å². The Bertz CT molecular complexity index is 827. The molecule has 1 N–H and O–H groups in total. The molecule has 0 bridgehead atoms. The van der Waals surface area contributed by atoms with Gasteiger partial charge in [0.25, 0.3) is 5.91 Å². The molecule has 0 aromatic heterocycles. The van der Waals surface area contributed by atoms with Crippen LogP contribution in [0.5, 0.6) is 0 Å². The number of benzene rings is 2. The number of nitrogens with one attached hydrogen (secondary N) is 1. The average Bonchev–Trinajstić information content (AvgIpc) is 2.67. The van der Waals surface area contributed by atoms with E-state index in [0.717, 1.165) is 0 Å². The highest BCUT2D eigenvalue weighted by atomic mass is 16.5. The minimum Gasteiger partial charge on any atom is -0.449 e. The summed E-state index contributed by atoms with van der Waals surface area (Å²) < 4.78 is 10.1. The average molecular weight is 352 g/mol. The van der Waals surface area contributed by atoms with Gasteiger partial charge in [-0.05, 0) is 24.6 Å². The van der Waals surface area contributed by atoms with E-state index in [1.807, 2.05) is 0 Å². The third kappa shape index (κ3) is 4.68. The number of rotatable bonds is 7. The molecule has 2 rings (SSSR count). The van der Waals surface area contributed by atoms with Crippen LogP contribution >= 0.6 is 0 Å². The van der Waals surface area contributed by atoms with Crippen LogP contribution < -0.4 is 5.32 Å². The second-order valence-corrected chi connectivity index (χ2v) is 5.53. The molecule has 0 saturated carbocycles. The number of nitrogens with zero attached hydrogens (tertiary/aromatic N) is 1. The molecule has 0 fully saturated rings. The number of amides is 1. The van der Waals surface area contributed by atoms with Gasteiger partial charge in [-0.3, -0.25) is 4.79 Å². The molecule has 1 amide bonds. The van der Waals surface area contributed by atoms with Crippen molar-refractivity contribution in [3.63, 3.8) is 0 Å². The lowest BCUT2D eigenvalue weighted by Crippen LogP contribution is -2.37. The van der Waals surface area contributed by atoms with Gasteiger partial charge in [-0.2, -0.15) is 5.26 Å². The summed E-state index contributed by atoms with van der Waals surface area (Å²) in [6, 6.07) is 16.0. The molecule has 0 aliphatic heterocycles. The van der Waals surface area contributed by atoms with E-state index in [4.69, 9.17) is 9.47 Å². The maximum absolute atomic E-state index is 12.6. The van der Waals surface area contributed by atoms with Gasteiger partial charge in [0.15, 0.2) is 6.10 Å². The van der Waals surface area contributed by atoms with Crippen molar-refractivity contribution in [1.82, 2.24) is 5.32 Å². The standard InChI is InChI=1S/C20H20N2O4/c1-14(19(23)22-11-12-25-2)26-20(24)18-10-6-5-9-17(18)16-8-4-3-7-15(16)13-21/h3-10,14H,11-12H2,1-2H3,(H,22,23)/t14-/m0/s1. The first-order valence-electron chi connectivity index (χ1n) is 8.14. The number of carbonyl (C=O) groups is 2. The molecule has 6 heteroatoms. The van der Waals surface area contributed by atoms with Gasteiger partial charge < -0.3 is 14.8 Å². The summed E-state index contributed by atoms with van der Waals surface area (Å²) in [5.74, 6) is -1.02. The molecule has 26 heavy (non-hydrogen) atoms. The molecule has 6 nitrogen and oxygen atoms in total. The van der Waals surface area contributed by atoms with Crippen molar-refractivity contribution in [2.45, 2.75) is 13.0 Å². The van der Waals surface area contributed by atoms with Gasteiger partial charge in [0.05, 0.1) is 23.8 Å². The van der Waals surface area contributed by atoms with Crippen molar-refractivity contribution in [3.05, 3.63) is 59.7 Å². The largest absolute Gasteiger partial charge is 0.449 e. The summed E-state index contributed by atoms with van der Waals surface area (Å²) in [5.41, 5.74) is 1.98. The maximum Gasteiger partial charge on any atom is 0.339 e. The Labute approximate surface area is 152 Å². The number of esters is 1. The van der Waals surface area contributed by atoms with Gasteiger partial charge >= 0.3 is 5.97 Å². The van der Waals surface area contributed by atoms with E-state index in [9.17, 15) is 14.9 Å². The Kier molecular flexibility index (Phi) is 6.89. The van der Waals surface area contributed by atoms with Crippen molar-refractivity contribution in [3.8, 4) is 17.2 Å². The molecule has 2 aromatic rings. The maximum atomic E-state index is 12.6. The van der Waals surface area contributed by atoms with E-state index in [-0.39, 0.29) is 0 Å². The highest BCUT2D eigenvalue weighted by molar-refractivity contribution is 5.99. The Morgan fingerprint density at radius 3 is 2.46 bits per heavy atom. The third-order valence-corrected chi connectivity index (χ3v) is 3.74. The highest BCUT2D eigenvalue weighted by Crippen LogP contribution is 2.27. The molecule has 0 unspecified atom stereocenters. The predicted octanol–water partition coefficient (Wildman–Crippen LogP) is 2.53. The fraction of sp³-hybridized carbons (Fsp3) is 0.250. The summed E-state index contributed by atoms with van der Waals surface area (Å²) in [5, 5.41) is 11.9. The van der Waals surface area contributed by atoms with E-state index in [1.165, 1.54) is 14.0 Å². The number of nitriles is 1. The number of carbonyl (C=O) groups excluding carboxylic acids is 2. The van der Waals surface area contributed by atoms with Crippen molar-refractivity contribution >= 4 is 11.9 Å². The molecule has 2 aromatic carbocycles. The fourth-order valence-electron chi connectivity index (χ4n) is 2.41. The number of ether oxygens (including phenoxy) is 2. The lowest BCUT2D eigenvalue weighted by Gasteiger charge is -2.15. The molecule has 0 radical (unpaired) electrons. The monoisotopic (exact) mass is 352 g/mol. The Hall–Kier alpha value is -3.17. The van der Waals surface area contributed by atoms with E-state index in [1.54, 1.807) is 48.5 Å². The van der Waals surface area contributed by atoms with Crippen LogP contribution in [0.2, 0.25) is 0 Å². The molecule has 0 heterocycles. The van der Waals surface area contributed by atoms with Crippen LogP contribution in [0.25, 0.3) is 11.1 Å². The minimum atomic E-state index is -0.946. The van der Waals surface area contributed by atoms with Gasteiger partial charge in [0.2, 0.25) is 0 Å². The lowest BCUT2D eigenvalue weighted by molar-refractivity contribution is -0.129. The summed E-state index contributed by atoms with van der Waals surface area (Å²) in [6.45, 7) is 2.22. The first-order valence-corrected chi connectivity index (χ1v) is 8.14. The van der Waals surface area contributed by atoms with E-state index < -0.39 is 18.0 Å². The molecule has 0 spiro atoms. The quantitative estimate of drug-likeness (QED) is 0.611. The van der Waals surface area contributed by atoms with Gasteiger partial charge in [0, 0.05) is 19.2 Å². The molecule has 0 aliphatic carbocycles. The highest BCUT2D eigenvalue weighted by Gasteiger charge is 2.21. The zero-order valence-electron chi connectivity index (χ0n) is 14.7. The van der Waals surface area contributed by atoms with Crippen LogP contribution in [-0.4, -0.2) is 38.2 Å². The first-order chi connectivity index (χ1) is 12.6. The second-order valence-electron chi connectivity index (χ2n) is 5.53. The number of methoxy groups -OCH3 is 1. The summed E-state index contributed by atoms with van der Waals surface area (Å²) in [7, 11) is 1.53. The Morgan fingerprint density at radius 2 is 1.77 bits per heavy atom. The lowest BCUT2D eigenvalue weighted by atomic mass is 9.96. The number of hydrogen-bond acceptors (Lipinski definition) is 5. The fourth-order valence-corrected chi connectivity index (χ4v) is 2.41. The number of hydrogen-bond donors (Lipinski definition) is 1. The molecular formula is C20H20N2O4. The van der Waals surface area contributed by atoms with E-state index >= 15 is 0 Å². The summed E-state index contributed by atoms with van der Waals surface area (Å²) >= 11 is 0. The third-order valence-electron chi connectivity index (χ3n) is 3.74. The summed E-state index contributed by atoms with van der Waals surface area (Å²) in [4.78, 5) is 24.5. The van der Waals surface area contributed by atoms with Crippen LogP contribution in [0.4, 0.5) is 0 Å². The van der Waals surface area contributed by atoms with Crippen LogP contribution in [0.1, 0.15) is 22.8 Å². The zero-order chi connectivity index (χ0) is 18.9. The van der Waals surface area contributed by atoms with Crippen LogP contribution in [0, 0.1) is 11.3 Å². The molecule has 134 valence electrons. The minimum absolute atomic E-state index is 0.298. The molecular weight excluding hydrogens is 332 g/mol. The van der Waals surface area contributed by atoms with Crippen molar-refractivity contribution in [1.29, 1.82) is 5.26 Å². The van der Waals surface area contributed by atoms with Crippen molar-refractivity contribution in [2.75, 3.05) is 20.3 Å². The molecule has 1 atom stereocenters. The topological polar surface area (TPSA) is 88.4 Å². The Balaban J connectivity index is 2.20. The zero-order valence-corrected chi connectivity index (χ0v) is 14.7. The predicted molar refractivity (Wildman–Crippen MR) is 96.4 cm³/mol. The Morgan fingerprint density at radius 1 is 1.12 bits per heavy atom. The van der Waals surface area contributed by atoms with Gasteiger partial charge in [-0.25, -0.2) is 4.79 Å². The summed E-state index contributed by atoms with van der Waals surface area (Å²) in [6.07, 6.45) is -0.946. The van der Waals surface area contributed by atoms with Crippen LogP contribution in [0.15, 0.2) is 48.5 Å². The van der Waals surface area contributed by atoms with Gasteiger partial charge in [-0.1, -0.05) is 36.4 Å². The second kappa shape index (κ2) is 9.35. The first kappa shape index (κ1) is 19.2. The van der Waals surface area contributed by atoms with Crippen LogP contribution in [0.3, 0.4) is 0 Å². The SMILES string of the molecule is COCCNC(=O)[C@H](C)OC(=O)c1ccccc1-c1ccccc1C#N. The van der Waals surface area contributed by atoms with E-state index in [2.05, 4.69) is 11.4 Å².